The molecule has 1 amide bonds. The Balaban J connectivity index is 1.88. The van der Waals surface area contributed by atoms with Gasteiger partial charge < -0.3 is 19.8 Å². The molecule has 22 heavy (non-hydrogen) atoms. The first-order valence-electron chi connectivity index (χ1n) is 7.75. The second kappa shape index (κ2) is 7.61. The summed E-state index contributed by atoms with van der Waals surface area (Å²) < 4.78 is 5.29. The largest absolute Gasteiger partial charge is 0.496 e. The van der Waals surface area contributed by atoms with Gasteiger partial charge in [0.15, 0.2) is 0 Å². The molecule has 0 saturated carbocycles. The van der Waals surface area contributed by atoms with E-state index >= 15 is 0 Å². The van der Waals surface area contributed by atoms with Crippen LogP contribution in [0, 0.1) is 12.8 Å². The van der Waals surface area contributed by atoms with Gasteiger partial charge in [-0.25, -0.2) is 0 Å². The van der Waals surface area contributed by atoms with Crippen LogP contribution in [-0.4, -0.2) is 53.9 Å². The lowest BCUT2D eigenvalue weighted by Gasteiger charge is -2.35. The minimum absolute atomic E-state index is 0.0215. The van der Waals surface area contributed by atoms with Gasteiger partial charge in [0.2, 0.25) is 5.91 Å². The fourth-order valence-electron chi connectivity index (χ4n) is 2.85. The SMILES string of the molecule is COc1cc(CCC(=O)N2CC[C@H](CO)[C@H](O)C2)ccc1C. The second-order valence-electron chi connectivity index (χ2n) is 5.94. The van der Waals surface area contributed by atoms with E-state index in [1.807, 2.05) is 25.1 Å². The van der Waals surface area contributed by atoms with E-state index in [9.17, 15) is 9.90 Å². The van der Waals surface area contributed by atoms with Crippen LogP contribution in [0.25, 0.3) is 0 Å². The Bertz CT molecular complexity index is 517. The maximum Gasteiger partial charge on any atom is 0.222 e. The Hall–Kier alpha value is -1.59. The number of rotatable bonds is 5. The van der Waals surface area contributed by atoms with Crippen molar-refractivity contribution in [3.63, 3.8) is 0 Å². The van der Waals surface area contributed by atoms with Gasteiger partial charge in [-0.15, -0.1) is 0 Å². The zero-order chi connectivity index (χ0) is 16.1. The first-order valence-corrected chi connectivity index (χ1v) is 7.75. The molecule has 1 heterocycles. The number of aliphatic hydroxyl groups is 2. The highest BCUT2D eigenvalue weighted by Crippen LogP contribution is 2.21. The maximum atomic E-state index is 12.3. The average molecular weight is 307 g/mol. The predicted molar refractivity (Wildman–Crippen MR) is 83.8 cm³/mol. The quantitative estimate of drug-likeness (QED) is 0.856. The van der Waals surface area contributed by atoms with Crippen molar-refractivity contribution in [1.82, 2.24) is 4.90 Å². The van der Waals surface area contributed by atoms with Gasteiger partial charge in [-0.05, 0) is 37.0 Å². The van der Waals surface area contributed by atoms with Crippen molar-refractivity contribution in [2.75, 3.05) is 26.8 Å². The summed E-state index contributed by atoms with van der Waals surface area (Å²) in [5, 5.41) is 19.0. The van der Waals surface area contributed by atoms with E-state index in [1.54, 1.807) is 12.0 Å². The lowest BCUT2D eigenvalue weighted by molar-refractivity contribution is -0.136. The van der Waals surface area contributed by atoms with Crippen molar-refractivity contribution < 1.29 is 19.7 Å². The highest BCUT2D eigenvalue weighted by atomic mass is 16.5. The van der Waals surface area contributed by atoms with Gasteiger partial charge in [0, 0.05) is 32.0 Å². The van der Waals surface area contributed by atoms with E-state index in [4.69, 9.17) is 9.84 Å². The number of ether oxygens (including phenoxy) is 1. The summed E-state index contributed by atoms with van der Waals surface area (Å²) in [4.78, 5) is 14.0. The molecule has 0 radical (unpaired) electrons. The van der Waals surface area contributed by atoms with Gasteiger partial charge >= 0.3 is 0 Å². The summed E-state index contributed by atoms with van der Waals surface area (Å²) in [7, 11) is 1.64. The van der Waals surface area contributed by atoms with Crippen molar-refractivity contribution in [1.29, 1.82) is 0 Å². The summed E-state index contributed by atoms with van der Waals surface area (Å²) in [6.45, 7) is 2.90. The molecule has 0 aliphatic carbocycles. The summed E-state index contributed by atoms with van der Waals surface area (Å²) in [5.41, 5.74) is 2.15. The van der Waals surface area contributed by atoms with E-state index in [2.05, 4.69) is 0 Å². The van der Waals surface area contributed by atoms with Crippen LogP contribution in [0.15, 0.2) is 18.2 Å². The Labute approximate surface area is 131 Å². The monoisotopic (exact) mass is 307 g/mol. The Morgan fingerprint density at radius 3 is 2.86 bits per heavy atom. The molecule has 5 heteroatoms. The molecular formula is C17H25NO4. The number of amides is 1. The number of aliphatic hydroxyl groups excluding tert-OH is 2. The zero-order valence-electron chi connectivity index (χ0n) is 13.3. The highest BCUT2D eigenvalue weighted by molar-refractivity contribution is 5.76. The smallest absolute Gasteiger partial charge is 0.222 e. The molecule has 1 saturated heterocycles. The van der Waals surface area contributed by atoms with Crippen LogP contribution in [0.2, 0.25) is 0 Å². The molecule has 1 aromatic carbocycles. The molecule has 1 aliphatic heterocycles. The van der Waals surface area contributed by atoms with Crippen LogP contribution < -0.4 is 4.74 Å². The first kappa shape index (κ1) is 16.8. The average Bonchev–Trinajstić information content (AvgIpc) is 2.53. The molecule has 2 atom stereocenters. The van der Waals surface area contributed by atoms with Gasteiger partial charge in [0.1, 0.15) is 5.75 Å². The van der Waals surface area contributed by atoms with Crippen LogP contribution in [0.1, 0.15) is 24.0 Å². The van der Waals surface area contributed by atoms with Crippen LogP contribution in [0.3, 0.4) is 0 Å². The predicted octanol–water partition coefficient (Wildman–Crippen LogP) is 1.14. The molecule has 1 fully saturated rings. The number of hydrogen-bond donors (Lipinski definition) is 2. The fraction of sp³-hybridized carbons (Fsp3) is 0.588. The summed E-state index contributed by atoms with van der Waals surface area (Å²) in [6, 6.07) is 5.97. The summed E-state index contributed by atoms with van der Waals surface area (Å²) in [6.07, 6.45) is 1.11. The summed E-state index contributed by atoms with van der Waals surface area (Å²) in [5.74, 6) is 0.782. The molecule has 0 spiro atoms. The standard InChI is InChI=1S/C17H25NO4/c1-12-3-4-13(9-16(12)22-2)5-6-17(21)18-8-7-14(11-19)15(20)10-18/h3-4,9,14-15,19-20H,5-8,10-11H2,1-2H3/t14-,15-/m1/s1. The zero-order valence-corrected chi connectivity index (χ0v) is 13.3. The Morgan fingerprint density at radius 1 is 1.45 bits per heavy atom. The third-order valence-electron chi connectivity index (χ3n) is 4.41. The number of nitrogens with zero attached hydrogens (tertiary/aromatic N) is 1. The Kier molecular flexibility index (Phi) is 5.80. The van der Waals surface area contributed by atoms with E-state index < -0.39 is 6.10 Å². The number of piperidine rings is 1. The van der Waals surface area contributed by atoms with Gasteiger partial charge in [0.05, 0.1) is 13.2 Å². The molecule has 0 bridgehead atoms. The lowest BCUT2D eigenvalue weighted by Crippen LogP contribution is -2.47. The normalized spacial score (nSPS) is 21.7. The molecule has 0 unspecified atom stereocenters. The number of carbonyl (C=O) groups is 1. The van der Waals surface area contributed by atoms with Crippen LogP contribution in [0.4, 0.5) is 0 Å². The Morgan fingerprint density at radius 2 is 2.23 bits per heavy atom. The van der Waals surface area contributed by atoms with Crippen molar-refractivity contribution in [2.24, 2.45) is 5.92 Å². The maximum absolute atomic E-state index is 12.3. The topological polar surface area (TPSA) is 70.0 Å². The third-order valence-corrected chi connectivity index (χ3v) is 4.41. The van der Waals surface area contributed by atoms with Gasteiger partial charge in [-0.1, -0.05) is 12.1 Å². The molecule has 0 aromatic heterocycles. The number of aryl methyl sites for hydroxylation is 2. The van der Waals surface area contributed by atoms with Crippen LogP contribution >= 0.6 is 0 Å². The second-order valence-corrected chi connectivity index (χ2v) is 5.94. The minimum Gasteiger partial charge on any atom is -0.496 e. The van der Waals surface area contributed by atoms with E-state index in [0.29, 0.717) is 32.4 Å². The van der Waals surface area contributed by atoms with Gasteiger partial charge in [-0.2, -0.15) is 0 Å². The van der Waals surface area contributed by atoms with Crippen molar-refractivity contribution >= 4 is 5.91 Å². The number of methoxy groups -OCH3 is 1. The van der Waals surface area contributed by atoms with E-state index in [0.717, 1.165) is 16.9 Å². The van der Waals surface area contributed by atoms with Crippen molar-refractivity contribution in [2.45, 2.75) is 32.3 Å². The molecule has 1 aromatic rings. The summed E-state index contributed by atoms with van der Waals surface area (Å²) >= 11 is 0. The molecule has 2 rings (SSSR count). The molecule has 5 nitrogen and oxygen atoms in total. The van der Waals surface area contributed by atoms with Crippen LogP contribution in [-0.2, 0) is 11.2 Å². The number of carbonyl (C=O) groups excluding carboxylic acids is 1. The van der Waals surface area contributed by atoms with Crippen molar-refractivity contribution in [3.05, 3.63) is 29.3 Å². The van der Waals surface area contributed by atoms with Gasteiger partial charge in [0.25, 0.3) is 0 Å². The lowest BCUT2D eigenvalue weighted by atomic mass is 9.94. The molecular weight excluding hydrogens is 282 g/mol. The van der Waals surface area contributed by atoms with Crippen LogP contribution in [0.5, 0.6) is 5.75 Å². The highest BCUT2D eigenvalue weighted by Gasteiger charge is 2.29. The molecule has 2 N–H and O–H groups in total. The molecule has 1 aliphatic rings. The van der Waals surface area contributed by atoms with E-state index in [-0.39, 0.29) is 18.4 Å². The van der Waals surface area contributed by atoms with Crippen molar-refractivity contribution in [3.8, 4) is 5.75 Å². The van der Waals surface area contributed by atoms with Gasteiger partial charge in [-0.3, -0.25) is 4.79 Å². The first-order chi connectivity index (χ1) is 10.5. The molecule has 122 valence electrons. The third kappa shape index (κ3) is 3.99. The number of likely N-dealkylation sites (tertiary alicyclic amines) is 1. The fourth-order valence-corrected chi connectivity index (χ4v) is 2.85. The minimum atomic E-state index is -0.623. The number of β-amino-alcohol motifs (C(OH)–C–C–N with tert-alkyl or cyclic N) is 1. The number of benzene rings is 1. The van der Waals surface area contributed by atoms with E-state index in [1.165, 1.54) is 0 Å². The number of hydrogen-bond acceptors (Lipinski definition) is 4.